The summed E-state index contributed by atoms with van der Waals surface area (Å²) in [7, 11) is 0. The molecule has 2 rings (SSSR count). The number of rotatable bonds is 7. The lowest BCUT2D eigenvalue weighted by Gasteiger charge is -2.16. The summed E-state index contributed by atoms with van der Waals surface area (Å²) in [5.74, 6) is -0.474. The normalized spacial score (nSPS) is 11.4. The minimum Gasteiger partial charge on any atom is -0.445 e. The summed E-state index contributed by atoms with van der Waals surface area (Å²) < 4.78 is 5.03. The quantitative estimate of drug-likeness (QED) is 0.720. The molecule has 0 fully saturated rings. The van der Waals surface area contributed by atoms with E-state index in [0.29, 0.717) is 6.54 Å². The number of alkyl carbamates (subject to hydrolysis) is 1. The highest BCUT2D eigenvalue weighted by molar-refractivity contribution is 5.85. The van der Waals surface area contributed by atoms with Gasteiger partial charge in [-0.25, -0.2) is 4.79 Å². The summed E-state index contributed by atoms with van der Waals surface area (Å²) in [6.07, 6.45) is -0.757. The molecule has 1 atom stereocenters. The summed E-state index contributed by atoms with van der Waals surface area (Å²) in [5.41, 5.74) is 1.76. The molecule has 0 aliphatic carbocycles. The first-order valence-electron chi connectivity index (χ1n) is 7.58. The highest BCUT2D eigenvalue weighted by Crippen LogP contribution is 2.01. The lowest BCUT2D eigenvalue weighted by Crippen LogP contribution is -2.48. The van der Waals surface area contributed by atoms with E-state index in [0.717, 1.165) is 11.1 Å². The minimum absolute atomic E-state index is 0.0937. The van der Waals surface area contributed by atoms with E-state index in [-0.39, 0.29) is 6.61 Å². The van der Waals surface area contributed by atoms with Gasteiger partial charge < -0.3 is 20.5 Å². The number of carbonyl (C=O) groups excluding carboxylic acids is 2. The summed E-state index contributed by atoms with van der Waals surface area (Å²) in [6, 6.07) is 17.5. The van der Waals surface area contributed by atoms with Crippen LogP contribution in [-0.2, 0) is 22.7 Å². The Morgan fingerprint density at radius 1 is 0.958 bits per heavy atom. The molecular formula is C18H20N2O4. The third-order valence-corrected chi connectivity index (χ3v) is 3.31. The Hall–Kier alpha value is -2.86. The largest absolute Gasteiger partial charge is 0.445 e. The van der Waals surface area contributed by atoms with Crippen LogP contribution < -0.4 is 10.6 Å². The molecule has 2 amide bonds. The van der Waals surface area contributed by atoms with Gasteiger partial charge in [-0.05, 0) is 11.1 Å². The summed E-state index contributed by atoms with van der Waals surface area (Å²) in [5, 5.41) is 14.3. The Balaban J connectivity index is 1.77. The number of ether oxygens (including phenoxy) is 1. The van der Waals surface area contributed by atoms with Crippen molar-refractivity contribution >= 4 is 12.0 Å². The lowest BCUT2D eigenvalue weighted by molar-refractivity contribution is -0.124. The number of aliphatic hydroxyl groups excluding tert-OH is 1. The number of nitrogens with one attached hydrogen (secondary N) is 2. The summed E-state index contributed by atoms with van der Waals surface area (Å²) in [6.45, 7) is -0.103. The van der Waals surface area contributed by atoms with Gasteiger partial charge in [-0.2, -0.15) is 0 Å². The Morgan fingerprint density at radius 2 is 1.54 bits per heavy atom. The minimum atomic E-state index is -1.06. The van der Waals surface area contributed by atoms with Crippen LogP contribution in [0.3, 0.4) is 0 Å². The Kier molecular flexibility index (Phi) is 6.79. The Bertz CT molecular complexity index is 647. The molecule has 0 unspecified atom stereocenters. The van der Waals surface area contributed by atoms with E-state index in [1.165, 1.54) is 0 Å². The average Bonchev–Trinajstić information content (AvgIpc) is 2.64. The zero-order valence-electron chi connectivity index (χ0n) is 13.1. The van der Waals surface area contributed by atoms with Crippen LogP contribution in [0.2, 0.25) is 0 Å². The number of hydrogen-bond acceptors (Lipinski definition) is 4. The van der Waals surface area contributed by atoms with Crippen LogP contribution in [0.4, 0.5) is 4.79 Å². The molecule has 0 spiro atoms. The molecule has 2 aromatic rings. The van der Waals surface area contributed by atoms with Crippen molar-refractivity contribution in [3.8, 4) is 0 Å². The van der Waals surface area contributed by atoms with E-state index in [2.05, 4.69) is 10.6 Å². The standard InChI is InChI=1S/C18H20N2O4/c21-12-16(17(22)19-11-14-7-3-1-4-8-14)20-18(23)24-13-15-9-5-2-6-10-15/h1-10,16,21H,11-13H2,(H,19,22)(H,20,23)/t16-/m0/s1. The second-order valence-corrected chi connectivity index (χ2v) is 5.14. The number of amides is 2. The van der Waals surface area contributed by atoms with E-state index in [1.807, 2.05) is 60.7 Å². The number of benzene rings is 2. The molecule has 0 aliphatic heterocycles. The molecular weight excluding hydrogens is 308 g/mol. The van der Waals surface area contributed by atoms with Gasteiger partial charge >= 0.3 is 6.09 Å². The van der Waals surface area contributed by atoms with Crippen molar-refractivity contribution < 1.29 is 19.4 Å². The SMILES string of the molecule is O=C(N[C@@H](CO)C(=O)NCc1ccccc1)OCc1ccccc1. The molecule has 0 aliphatic rings. The van der Waals surface area contributed by atoms with Crippen LogP contribution in [0.1, 0.15) is 11.1 Å². The van der Waals surface area contributed by atoms with Crippen molar-refractivity contribution in [2.75, 3.05) is 6.61 Å². The van der Waals surface area contributed by atoms with E-state index in [4.69, 9.17) is 4.74 Å². The van der Waals surface area contributed by atoms with Crippen LogP contribution >= 0.6 is 0 Å². The molecule has 0 aromatic heterocycles. The molecule has 3 N–H and O–H groups in total. The van der Waals surface area contributed by atoms with Crippen LogP contribution in [-0.4, -0.2) is 29.8 Å². The maximum Gasteiger partial charge on any atom is 0.408 e. The molecule has 126 valence electrons. The van der Waals surface area contributed by atoms with Crippen molar-refractivity contribution in [3.63, 3.8) is 0 Å². The van der Waals surface area contributed by atoms with Gasteiger partial charge in [0.15, 0.2) is 0 Å². The Morgan fingerprint density at radius 3 is 2.12 bits per heavy atom. The van der Waals surface area contributed by atoms with Gasteiger partial charge in [0.05, 0.1) is 6.61 Å². The van der Waals surface area contributed by atoms with Gasteiger partial charge in [-0.3, -0.25) is 4.79 Å². The van der Waals surface area contributed by atoms with Crippen molar-refractivity contribution in [1.29, 1.82) is 0 Å². The predicted molar refractivity (Wildman–Crippen MR) is 88.9 cm³/mol. The molecule has 0 bridgehead atoms. The van der Waals surface area contributed by atoms with Crippen LogP contribution in [0, 0.1) is 0 Å². The van der Waals surface area contributed by atoms with Crippen molar-refractivity contribution in [2.24, 2.45) is 0 Å². The average molecular weight is 328 g/mol. The van der Waals surface area contributed by atoms with Crippen molar-refractivity contribution in [3.05, 3.63) is 71.8 Å². The first-order chi connectivity index (χ1) is 11.7. The monoisotopic (exact) mass is 328 g/mol. The first-order valence-corrected chi connectivity index (χ1v) is 7.58. The fourth-order valence-electron chi connectivity index (χ4n) is 2.01. The third-order valence-electron chi connectivity index (χ3n) is 3.31. The van der Waals surface area contributed by atoms with E-state index in [1.54, 1.807) is 0 Å². The highest BCUT2D eigenvalue weighted by Gasteiger charge is 2.20. The van der Waals surface area contributed by atoms with E-state index < -0.39 is 24.6 Å². The molecule has 0 heterocycles. The first kappa shape index (κ1) is 17.5. The molecule has 0 radical (unpaired) electrons. The van der Waals surface area contributed by atoms with Gasteiger partial charge in [0, 0.05) is 6.54 Å². The predicted octanol–water partition coefficient (Wildman–Crippen LogP) is 1.59. The van der Waals surface area contributed by atoms with E-state index in [9.17, 15) is 14.7 Å². The smallest absolute Gasteiger partial charge is 0.408 e. The molecule has 0 saturated carbocycles. The fraction of sp³-hybridized carbons (Fsp3) is 0.222. The number of carbonyl (C=O) groups is 2. The molecule has 2 aromatic carbocycles. The van der Waals surface area contributed by atoms with Crippen LogP contribution in [0.15, 0.2) is 60.7 Å². The van der Waals surface area contributed by atoms with Gasteiger partial charge in [-0.1, -0.05) is 60.7 Å². The van der Waals surface area contributed by atoms with Crippen LogP contribution in [0.25, 0.3) is 0 Å². The molecule has 0 saturated heterocycles. The van der Waals surface area contributed by atoms with Crippen LogP contribution in [0.5, 0.6) is 0 Å². The van der Waals surface area contributed by atoms with E-state index >= 15 is 0 Å². The third kappa shape index (κ3) is 5.73. The maximum atomic E-state index is 12.0. The lowest BCUT2D eigenvalue weighted by atomic mass is 10.2. The Labute approximate surface area is 140 Å². The molecule has 6 heteroatoms. The fourth-order valence-corrected chi connectivity index (χ4v) is 2.01. The van der Waals surface area contributed by atoms with Gasteiger partial charge in [0.25, 0.3) is 0 Å². The zero-order chi connectivity index (χ0) is 17.2. The van der Waals surface area contributed by atoms with Crippen molar-refractivity contribution in [1.82, 2.24) is 10.6 Å². The molecule has 6 nitrogen and oxygen atoms in total. The maximum absolute atomic E-state index is 12.0. The second-order valence-electron chi connectivity index (χ2n) is 5.14. The summed E-state index contributed by atoms with van der Waals surface area (Å²) >= 11 is 0. The van der Waals surface area contributed by atoms with Gasteiger partial charge in [-0.15, -0.1) is 0 Å². The number of hydrogen-bond donors (Lipinski definition) is 3. The highest BCUT2D eigenvalue weighted by atomic mass is 16.5. The van der Waals surface area contributed by atoms with Gasteiger partial charge in [0.1, 0.15) is 12.6 Å². The topological polar surface area (TPSA) is 87.7 Å². The zero-order valence-corrected chi connectivity index (χ0v) is 13.1. The van der Waals surface area contributed by atoms with Gasteiger partial charge in [0.2, 0.25) is 5.91 Å². The second kappa shape index (κ2) is 9.32. The summed E-state index contributed by atoms with van der Waals surface area (Å²) in [4.78, 5) is 23.8. The molecule has 24 heavy (non-hydrogen) atoms. The van der Waals surface area contributed by atoms with Crippen molar-refractivity contribution in [2.45, 2.75) is 19.2 Å². The number of aliphatic hydroxyl groups is 1.